The molecule has 0 aliphatic carbocycles. The second-order valence-electron chi connectivity index (χ2n) is 4.32. The summed E-state index contributed by atoms with van der Waals surface area (Å²) in [6.07, 6.45) is -3.22. The second kappa shape index (κ2) is 8.74. The number of rotatable bonds is 4. The van der Waals surface area contributed by atoms with Gasteiger partial charge in [0.2, 0.25) is 9.84 Å². The molecule has 0 bridgehead atoms. The highest BCUT2D eigenvalue weighted by molar-refractivity contribution is 8.05. The van der Waals surface area contributed by atoms with Crippen LogP contribution in [-0.4, -0.2) is 25.2 Å². The van der Waals surface area contributed by atoms with Crippen LogP contribution >= 0.6 is 28.6 Å². The average molecular weight is 413 g/mol. The van der Waals surface area contributed by atoms with Crippen molar-refractivity contribution in [1.82, 2.24) is 0 Å². The zero-order valence-electron chi connectivity index (χ0n) is 12.5. The average Bonchev–Trinajstić information content (AvgIpc) is 2.47. The highest BCUT2D eigenvalue weighted by Crippen LogP contribution is 2.57. The quantitative estimate of drug-likeness (QED) is 0.714. The molecular weight excluding hydrogens is 398 g/mol. The highest BCUT2D eigenvalue weighted by Gasteiger charge is 2.17. The third kappa shape index (κ3) is 6.71. The van der Waals surface area contributed by atoms with Crippen molar-refractivity contribution < 1.29 is 27.7 Å². The Balaban J connectivity index is 0.000000351. The lowest BCUT2D eigenvalue weighted by Crippen LogP contribution is -2.01. The maximum atomic E-state index is 12.1. The van der Waals surface area contributed by atoms with E-state index < -0.39 is 15.9 Å². The maximum absolute atomic E-state index is 12.1. The molecule has 2 rings (SSSR count). The Morgan fingerprint density at radius 3 is 1.46 bits per heavy atom. The molecule has 0 atom stereocenters. The Morgan fingerprint density at radius 2 is 1.25 bits per heavy atom. The van der Waals surface area contributed by atoms with Gasteiger partial charge in [-0.25, -0.2) is 8.42 Å². The summed E-state index contributed by atoms with van der Waals surface area (Å²) in [7, 11) is -3.59. The van der Waals surface area contributed by atoms with E-state index in [4.69, 9.17) is 32.7 Å². The van der Waals surface area contributed by atoms with E-state index in [0.29, 0.717) is 0 Å². The molecule has 2 aromatic carbocycles. The number of phenolic OH excluding ortho intramolecular Hbond substituents is 2. The minimum atomic E-state index is -3.59. The van der Waals surface area contributed by atoms with Crippen LogP contribution in [0.1, 0.15) is 6.92 Å². The van der Waals surface area contributed by atoms with E-state index in [9.17, 15) is 13.0 Å². The van der Waals surface area contributed by atoms with Gasteiger partial charge in [0.15, 0.2) is 0 Å². The van der Waals surface area contributed by atoms with E-state index in [-0.39, 0.29) is 27.9 Å². The first-order valence-corrected chi connectivity index (χ1v) is 11.4. The van der Waals surface area contributed by atoms with Gasteiger partial charge in [0.1, 0.15) is 11.5 Å². The SMILES string of the molecule is CCOP(=O)(Cl)Cl.O=S(=O)(c1ccc(O)cc1)c1ccc(O)cc1. The number of phenols is 2. The molecule has 0 aliphatic rings. The Bertz CT molecular complexity index is 749. The predicted octanol–water partition coefficient (Wildman–Crippen LogP) is 4.54. The van der Waals surface area contributed by atoms with Crippen molar-refractivity contribution >= 4 is 38.4 Å². The number of sulfone groups is 1. The smallest absolute Gasteiger partial charge is 0.380 e. The van der Waals surface area contributed by atoms with Crippen molar-refractivity contribution in [3.8, 4) is 11.5 Å². The summed E-state index contributed by atoms with van der Waals surface area (Å²) in [5.74, 6) is 0.0179. The Morgan fingerprint density at radius 1 is 0.917 bits per heavy atom. The molecule has 0 unspecified atom stereocenters. The summed E-state index contributed by atoms with van der Waals surface area (Å²) in [6, 6.07) is 10.6. The Kier molecular flexibility index (Phi) is 7.57. The summed E-state index contributed by atoms with van der Waals surface area (Å²) >= 11 is 9.86. The number of hydrogen-bond donors (Lipinski definition) is 2. The monoisotopic (exact) mass is 412 g/mol. The van der Waals surface area contributed by atoms with Gasteiger partial charge < -0.3 is 14.7 Å². The number of halogens is 2. The topological polar surface area (TPSA) is 101 Å². The van der Waals surface area contributed by atoms with Crippen molar-refractivity contribution in [3.05, 3.63) is 48.5 Å². The molecule has 2 N–H and O–H groups in total. The highest BCUT2D eigenvalue weighted by atomic mass is 35.9. The van der Waals surface area contributed by atoms with E-state index in [1.807, 2.05) is 0 Å². The minimum Gasteiger partial charge on any atom is -0.508 e. The molecule has 0 saturated heterocycles. The predicted molar refractivity (Wildman–Crippen MR) is 92.6 cm³/mol. The molecule has 0 amide bonds. The van der Waals surface area contributed by atoms with E-state index in [1.165, 1.54) is 48.5 Å². The molecule has 0 spiro atoms. The minimum absolute atomic E-state index is 0.00894. The largest absolute Gasteiger partial charge is 0.508 e. The van der Waals surface area contributed by atoms with Crippen LogP contribution in [-0.2, 0) is 18.9 Å². The fraction of sp³-hybridized carbons (Fsp3) is 0.143. The summed E-state index contributed by atoms with van der Waals surface area (Å²) < 4.78 is 38.6. The van der Waals surface area contributed by atoms with E-state index >= 15 is 0 Å². The lowest BCUT2D eigenvalue weighted by molar-refractivity contribution is 0.356. The molecule has 0 aliphatic heterocycles. The van der Waals surface area contributed by atoms with E-state index in [1.54, 1.807) is 6.92 Å². The standard InChI is InChI=1S/C12H10O4S.C2H5Cl2O2P/c13-9-1-5-11(6-2-9)17(15,16)12-7-3-10(14)4-8-12;1-2-6-7(3,4)5/h1-8,13-14H;2H2,1H3. The molecule has 6 nitrogen and oxygen atoms in total. The van der Waals surface area contributed by atoms with Crippen molar-refractivity contribution in [1.29, 1.82) is 0 Å². The first kappa shape index (κ1) is 20.8. The van der Waals surface area contributed by atoms with Crippen molar-refractivity contribution in [3.63, 3.8) is 0 Å². The molecule has 0 saturated carbocycles. The normalized spacial score (nSPS) is 11.5. The lowest BCUT2D eigenvalue weighted by Gasteiger charge is -2.04. The second-order valence-corrected chi connectivity index (χ2v) is 10.5. The Labute approximate surface area is 149 Å². The van der Waals surface area contributed by atoms with Gasteiger partial charge in [-0.15, -0.1) is 0 Å². The molecule has 2 aromatic rings. The fourth-order valence-corrected chi connectivity index (χ4v) is 3.68. The summed E-state index contributed by atoms with van der Waals surface area (Å²) in [5.41, 5.74) is 0. The zero-order chi connectivity index (χ0) is 18.4. The first-order valence-electron chi connectivity index (χ1n) is 6.53. The van der Waals surface area contributed by atoms with E-state index in [0.717, 1.165) is 0 Å². The molecule has 132 valence electrons. The number of benzene rings is 2. The fourth-order valence-electron chi connectivity index (χ4n) is 1.54. The summed E-state index contributed by atoms with van der Waals surface area (Å²) in [5, 5.41) is 18.2. The third-order valence-electron chi connectivity index (χ3n) is 2.57. The van der Waals surface area contributed by atoms with Crippen LogP contribution in [0, 0.1) is 0 Å². The first-order chi connectivity index (χ1) is 11.1. The van der Waals surface area contributed by atoms with Gasteiger partial charge in [-0.2, -0.15) is 0 Å². The Hall–Kier alpha value is -1.24. The van der Waals surface area contributed by atoms with Gasteiger partial charge in [-0.1, -0.05) is 0 Å². The van der Waals surface area contributed by atoms with Crippen LogP contribution in [0.2, 0.25) is 0 Å². The van der Waals surface area contributed by atoms with Crippen LogP contribution in [0.25, 0.3) is 0 Å². The molecule has 0 fully saturated rings. The van der Waals surface area contributed by atoms with Gasteiger partial charge in [0, 0.05) is 0 Å². The molecule has 0 aromatic heterocycles. The van der Waals surface area contributed by atoms with Gasteiger partial charge in [0.05, 0.1) is 16.4 Å². The van der Waals surface area contributed by atoms with Crippen molar-refractivity contribution in [2.24, 2.45) is 0 Å². The summed E-state index contributed by atoms with van der Waals surface area (Å²) in [4.78, 5) is 0.196. The van der Waals surface area contributed by atoms with Crippen LogP contribution in [0.3, 0.4) is 0 Å². The van der Waals surface area contributed by atoms with Crippen LogP contribution in [0.5, 0.6) is 11.5 Å². The van der Waals surface area contributed by atoms with Gasteiger partial charge >= 0.3 is 6.07 Å². The number of aromatic hydroxyl groups is 2. The molecule has 10 heteroatoms. The van der Waals surface area contributed by atoms with Crippen LogP contribution in [0.4, 0.5) is 0 Å². The van der Waals surface area contributed by atoms with Gasteiger partial charge in [-0.05, 0) is 77.9 Å². The third-order valence-corrected chi connectivity index (χ3v) is 5.50. The maximum Gasteiger partial charge on any atom is 0.380 e. The van der Waals surface area contributed by atoms with Crippen LogP contribution in [0.15, 0.2) is 58.3 Å². The van der Waals surface area contributed by atoms with Crippen LogP contribution < -0.4 is 0 Å². The van der Waals surface area contributed by atoms with E-state index in [2.05, 4.69) is 4.52 Å². The van der Waals surface area contributed by atoms with Crippen molar-refractivity contribution in [2.75, 3.05) is 6.61 Å². The lowest BCUT2D eigenvalue weighted by atomic mass is 10.3. The number of hydrogen-bond acceptors (Lipinski definition) is 6. The van der Waals surface area contributed by atoms with Crippen molar-refractivity contribution in [2.45, 2.75) is 16.7 Å². The molecule has 0 radical (unpaired) electrons. The van der Waals surface area contributed by atoms with Gasteiger partial charge in [0.25, 0.3) is 0 Å². The molecular formula is C14H15Cl2O6PS. The molecule has 24 heavy (non-hydrogen) atoms. The zero-order valence-corrected chi connectivity index (χ0v) is 15.7. The van der Waals surface area contributed by atoms with Gasteiger partial charge in [-0.3, -0.25) is 4.57 Å². The summed E-state index contributed by atoms with van der Waals surface area (Å²) in [6.45, 7) is 1.95. The molecule has 0 heterocycles.